The molecule has 0 saturated carbocycles. The summed E-state index contributed by atoms with van der Waals surface area (Å²) in [4.78, 5) is 35.1. The van der Waals surface area contributed by atoms with Gasteiger partial charge in [0.15, 0.2) is 5.65 Å². The van der Waals surface area contributed by atoms with E-state index in [-0.39, 0.29) is 34.2 Å². The molecule has 4 aromatic rings. The van der Waals surface area contributed by atoms with Crippen LogP contribution in [0.15, 0.2) is 43.0 Å². The van der Waals surface area contributed by atoms with Gasteiger partial charge in [-0.2, -0.15) is 26.3 Å². The Labute approximate surface area is 191 Å². The molecule has 0 aliphatic carbocycles. The summed E-state index contributed by atoms with van der Waals surface area (Å²) in [6, 6.07) is 3.05. The summed E-state index contributed by atoms with van der Waals surface area (Å²) < 4.78 is 78.8. The lowest BCUT2D eigenvalue weighted by Gasteiger charge is -2.13. The molecular weight excluding hydrogens is 482 g/mol. The number of rotatable bonds is 4. The van der Waals surface area contributed by atoms with Crippen molar-refractivity contribution in [1.82, 2.24) is 35.2 Å². The fourth-order valence-electron chi connectivity index (χ4n) is 2.93. The number of aromatic nitrogens is 6. The van der Waals surface area contributed by atoms with Crippen LogP contribution in [0, 0.1) is 0 Å². The highest BCUT2D eigenvalue weighted by Gasteiger charge is 2.36. The zero-order valence-electron chi connectivity index (χ0n) is 17.4. The average molecular weight is 494 g/mol. The van der Waals surface area contributed by atoms with Crippen molar-refractivity contribution >= 4 is 28.7 Å². The number of nitrogens with zero attached hydrogens (tertiary/aromatic N) is 6. The number of fused-ring (bicyclic) bond motifs is 1. The third-order valence-corrected chi connectivity index (χ3v) is 4.58. The topological polar surface area (TPSA) is 118 Å². The smallest absolute Gasteiger partial charge is 0.354 e. The van der Waals surface area contributed by atoms with E-state index in [1.165, 1.54) is 19.3 Å². The number of pyridine rings is 2. The lowest BCUT2D eigenvalue weighted by atomic mass is 10.1. The van der Waals surface area contributed by atoms with Crippen molar-refractivity contribution in [1.29, 1.82) is 0 Å². The van der Waals surface area contributed by atoms with Gasteiger partial charge in [0.25, 0.3) is 5.91 Å². The predicted molar refractivity (Wildman–Crippen MR) is 109 cm³/mol. The highest BCUT2D eigenvalue weighted by molar-refractivity contribution is 5.93. The quantitative estimate of drug-likeness (QED) is 0.409. The zero-order chi connectivity index (χ0) is 25.4. The largest absolute Gasteiger partial charge is 0.419 e. The van der Waals surface area contributed by atoms with E-state index in [4.69, 9.17) is 0 Å². The molecule has 0 radical (unpaired) electrons. The van der Waals surface area contributed by atoms with E-state index in [9.17, 15) is 31.1 Å². The number of halogens is 6. The van der Waals surface area contributed by atoms with Crippen LogP contribution < -0.4 is 10.6 Å². The molecular formula is C20H12F6N8O. The van der Waals surface area contributed by atoms with Crippen molar-refractivity contribution in [2.45, 2.75) is 12.4 Å². The van der Waals surface area contributed by atoms with Gasteiger partial charge in [-0.05, 0) is 18.2 Å². The molecule has 0 atom stereocenters. The second-order valence-corrected chi connectivity index (χ2v) is 6.87. The van der Waals surface area contributed by atoms with Crippen molar-refractivity contribution in [2.75, 3.05) is 12.4 Å². The number of carbonyl (C=O) groups is 1. The monoisotopic (exact) mass is 494 g/mol. The molecule has 9 nitrogen and oxygen atoms in total. The number of hydrogen-bond acceptors (Lipinski definition) is 8. The highest BCUT2D eigenvalue weighted by atomic mass is 19.4. The van der Waals surface area contributed by atoms with E-state index >= 15 is 0 Å². The van der Waals surface area contributed by atoms with Crippen LogP contribution >= 0.6 is 0 Å². The van der Waals surface area contributed by atoms with Crippen LogP contribution in [-0.4, -0.2) is 42.9 Å². The Morgan fingerprint density at radius 2 is 1.57 bits per heavy atom. The van der Waals surface area contributed by atoms with Gasteiger partial charge in [-0.25, -0.2) is 29.9 Å². The van der Waals surface area contributed by atoms with Gasteiger partial charge in [0, 0.05) is 25.6 Å². The summed E-state index contributed by atoms with van der Waals surface area (Å²) in [6.07, 6.45) is -5.96. The zero-order valence-corrected chi connectivity index (χ0v) is 17.4. The van der Waals surface area contributed by atoms with Gasteiger partial charge in [-0.1, -0.05) is 0 Å². The summed E-state index contributed by atoms with van der Waals surface area (Å²) >= 11 is 0. The lowest BCUT2D eigenvalue weighted by molar-refractivity contribution is -0.138. The molecule has 4 heterocycles. The molecule has 0 aliphatic rings. The fourth-order valence-corrected chi connectivity index (χ4v) is 2.93. The second kappa shape index (κ2) is 8.73. The molecule has 0 unspecified atom stereocenters. The Hall–Kier alpha value is -4.43. The standard InChI is InChI=1S/C20H12F6N8O/c1-27-17(35)12-3-2-10(20(24,25)26)14(32-12)13-8-29-15-11(4-5-28-16(15)33-13)34-18-30-6-9(7-31-18)19(21,22)23/h2-8H,1H3,(H,27,35)(H,28,30,31,33,34). The summed E-state index contributed by atoms with van der Waals surface area (Å²) in [7, 11) is 1.30. The van der Waals surface area contributed by atoms with Gasteiger partial charge in [0.1, 0.15) is 22.6 Å². The van der Waals surface area contributed by atoms with Gasteiger partial charge in [-0.15, -0.1) is 0 Å². The van der Waals surface area contributed by atoms with E-state index in [2.05, 4.69) is 40.5 Å². The Morgan fingerprint density at radius 1 is 0.857 bits per heavy atom. The van der Waals surface area contributed by atoms with Crippen molar-refractivity contribution in [3.8, 4) is 11.4 Å². The minimum Gasteiger partial charge on any atom is -0.354 e. The first kappa shape index (κ1) is 23.7. The third-order valence-electron chi connectivity index (χ3n) is 4.58. The Bertz CT molecular complexity index is 1410. The molecule has 0 spiro atoms. The van der Waals surface area contributed by atoms with Crippen molar-refractivity contribution in [3.05, 3.63) is 59.8 Å². The maximum absolute atomic E-state index is 13.6. The molecule has 15 heteroatoms. The van der Waals surface area contributed by atoms with Crippen LogP contribution in [0.25, 0.3) is 22.6 Å². The fraction of sp³-hybridized carbons (Fsp3) is 0.150. The summed E-state index contributed by atoms with van der Waals surface area (Å²) in [6.45, 7) is 0. The van der Waals surface area contributed by atoms with Gasteiger partial charge >= 0.3 is 12.4 Å². The molecule has 180 valence electrons. The van der Waals surface area contributed by atoms with Crippen LogP contribution in [-0.2, 0) is 12.4 Å². The van der Waals surface area contributed by atoms with Crippen molar-refractivity contribution in [3.63, 3.8) is 0 Å². The average Bonchev–Trinajstić information content (AvgIpc) is 2.82. The Balaban J connectivity index is 1.75. The van der Waals surface area contributed by atoms with Crippen LogP contribution in [0.3, 0.4) is 0 Å². The SMILES string of the molecule is CNC(=O)c1ccc(C(F)(F)F)c(-c2cnc3c(Nc4ncc(C(F)(F)F)cn4)ccnc3n2)n1. The van der Waals surface area contributed by atoms with Crippen molar-refractivity contribution < 1.29 is 31.1 Å². The third kappa shape index (κ3) is 4.92. The summed E-state index contributed by atoms with van der Waals surface area (Å²) in [5.41, 5.74) is -3.19. The molecule has 0 aliphatic heterocycles. The van der Waals surface area contributed by atoms with Crippen LogP contribution in [0.5, 0.6) is 0 Å². The number of amides is 1. The molecule has 0 bridgehead atoms. The van der Waals surface area contributed by atoms with E-state index < -0.39 is 35.1 Å². The van der Waals surface area contributed by atoms with E-state index in [0.29, 0.717) is 18.5 Å². The first-order chi connectivity index (χ1) is 16.5. The highest BCUT2D eigenvalue weighted by Crippen LogP contribution is 2.36. The lowest BCUT2D eigenvalue weighted by Crippen LogP contribution is -2.20. The van der Waals surface area contributed by atoms with E-state index in [0.717, 1.165) is 12.3 Å². The number of nitrogens with one attached hydrogen (secondary N) is 2. The number of hydrogen-bond donors (Lipinski definition) is 2. The number of anilines is 2. The molecule has 1 amide bonds. The molecule has 2 N–H and O–H groups in total. The van der Waals surface area contributed by atoms with Gasteiger partial charge in [0.05, 0.1) is 23.0 Å². The predicted octanol–water partition coefficient (Wildman–Crippen LogP) is 4.02. The minimum atomic E-state index is -4.79. The Kier molecular flexibility index (Phi) is 5.92. The first-order valence-electron chi connectivity index (χ1n) is 9.56. The van der Waals surface area contributed by atoms with E-state index in [1.54, 1.807) is 0 Å². The normalized spacial score (nSPS) is 12.0. The van der Waals surface area contributed by atoms with Gasteiger partial charge < -0.3 is 10.6 Å². The van der Waals surface area contributed by atoms with Crippen molar-refractivity contribution in [2.24, 2.45) is 0 Å². The van der Waals surface area contributed by atoms with Crippen LogP contribution in [0.1, 0.15) is 21.6 Å². The number of alkyl halides is 6. The first-order valence-corrected chi connectivity index (χ1v) is 9.56. The Morgan fingerprint density at radius 3 is 2.20 bits per heavy atom. The maximum Gasteiger partial charge on any atom is 0.419 e. The molecule has 35 heavy (non-hydrogen) atoms. The molecule has 4 aromatic heterocycles. The summed E-state index contributed by atoms with van der Waals surface area (Å²) in [5.74, 6) is -0.884. The van der Waals surface area contributed by atoms with Crippen LogP contribution in [0.2, 0.25) is 0 Å². The molecule has 4 rings (SSSR count). The second-order valence-electron chi connectivity index (χ2n) is 6.87. The number of carbonyl (C=O) groups excluding carboxylic acids is 1. The summed E-state index contributed by atoms with van der Waals surface area (Å²) in [5, 5.41) is 4.95. The van der Waals surface area contributed by atoms with Gasteiger partial charge in [-0.3, -0.25) is 4.79 Å². The molecule has 0 fully saturated rings. The van der Waals surface area contributed by atoms with E-state index in [1.807, 2.05) is 0 Å². The minimum absolute atomic E-state index is 0.0794. The van der Waals surface area contributed by atoms with Crippen LogP contribution in [0.4, 0.5) is 38.0 Å². The molecule has 0 aromatic carbocycles. The van der Waals surface area contributed by atoms with Gasteiger partial charge in [0.2, 0.25) is 5.95 Å². The maximum atomic E-state index is 13.6. The molecule has 0 saturated heterocycles.